The van der Waals surface area contributed by atoms with Crippen LogP contribution in [-0.4, -0.2) is 40.4 Å². The molecule has 0 bridgehead atoms. The molecule has 0 saturated carbocycles. The minimum absolute atomic E-state index is 0.0637. The lowest BCUT2D eigenvalue weighted by Crippen LogP contribution is -2.30. The molecule has 2 unspecified atom stereocenters. The number of halogens is 3. The molecule has 3 N–H and O–H groups in total. The van der Waals surface area contributed by atoms with Crippen molar-refractivity contribution in [3.05, 3.63) is 23.8 Å². The van der Waals surface area contributed by atoms with Crippen molar-refractivity contribution in [1.82, 2.24) is 0 Å². The van der Waals surface area contributed by atoms with Crippen LogP contribution in [0.25, 0.3) is 0 Å². The lowest BCUT2D eigenvalue weighted by atomic mass is 10.0. The molecule has 0 heterocycles. The SMILES string of the molecule is CCOC(=O)C(O)C(O)c1cc(OC(F)(F)F)ccc1O. The second-order valence-electron chi connectivity index (χ2n) is 3.91. The number of aromatic hydroxyl groups is 1. The van der Waals surface area contributed by atoms with Gasteiger partial charge in [0.1, 0.15) is 17.6 Å². The van der Waals surface area contributed by atoms with Gasteiger partial charge in [0.15, 0.2) is 6.10 Å². The van der Waals surface area contributed by atoms with Gasteiger partial charge in [0, 0.05) is 5.56 Å². The van der Waals surface area contributed by atoms with Gasteiger partial charge in [-0.15, -0.1) is 13.2 Å². The summed E-state index contributed by atoms with van der Waals surface area (Å²) in [6, 6.07) is 2.31. The zero-order valence-corrected chi connectivity index (χ0v) is 10.8. The molecule has 0 aliphatic rings. The van der Waals surface area contributed by atoms with Crippen molar-refractivity contribution in [2.24, 2.45) is 0 Å². The maximum absolute atomic E-state index is 12.1. The van der Waals surface area contributed by atoms with E-state index in [0.29, 0.717) is 6.07 Å². The van der Waals surface area contributed by atoms with Gasteiger partial charge in [-0.25, -0.2) is 4.79 Å². The van der Waals surface area contributed by atoms with E-state index in [-0.39, 0.29) is 6.61 Å². The highest BCUT2D eigenvalue weighted by Crippen LogP contribution is 2.32. The number of carbonyl (C=O) groups is 1. The Labute approximate surface area is 117 Å². The summed E-state index contributed by atoms with van der Waals surface area (Å²) in [6.07, 6.45) is -8.99. The van der Waals surface area contributed by atoms with E-state index in [1.54, 1.807) is 0 Å². The minimum Gasteiger partial charge on any atom is -0.508 e. The lowest BCUT2D eigenvalue weighted by Gasteiger charge is -2.18. The van der Waals surface area contributed by atoms with Crippen LogP contribution >= 0.6 is 0 Å². The Morgan fingerprint density at radius 2 is 1.95 bits per heavy atom. The number of benzene rings is 1. The summed E-state index contributed by atoms with van der Waals surface area (Å²) in [5.41, 5.74) is -0.502. The summed E-state index contributed by atoms with van der Waals surface area (Å²) >= 11 is 0. The third kappa shape index (κ3) is 4.80. The number of aliphatic hydroxyl groups is 2. The van der Waals surface area contributed by atoms with Crippen LogP contribution in [0.4, 0.5) is 13.2 Å². The molecule has 1 rings (SSSR count). The summed E-state index contributed by atoms with van der Waals surface area (Å²) in [5.74, 6) is -2.50. The highest BCUT2D eigenvalue weighted by Gasteiger charge is 2.33. The molecule has 0 aromatic heterocycles. The van der Waals surface area contributed by atoms with Gasteiger partial charge in [-0.3, -0.25) is 0 Å². The van der Waals surface area contributed by atoms with Crippen molar-refractivity contribution in [2.45, 2.75) is 25.5 Å². The summed E-state index contributed by atoms with van der Waals surface area (Å²) < 4.78 is 44.3. The van der Waals surface area contributed by atoms with Crippen LogP contribution in [0.15, 0.2) is 18.2 Å². The zero-order chi connectivity index (χ0) is 16.2. The lowest BCUT2D eigenvalue weighted by molar-refractivity contribution is -0.274. The Morgan fingerprint density at radius 3 is 2.48 bits per heavy atom. The van der Waals surface area contributed by atoms with Crippen LogP contribution in [0.3, 0.4) is 0 Å². The van der Waals surface area contributed by atoms with Crippen molar-refractivity contribution in [3.63, 3.8) is 0 Å². The van der Waals surface area contributed by atoms with Crippen molar-refractivity contribution in [2.75, 3.05) is 6.61 Å². The number of phenols is 1. The first-order chi connectivity index (χ1) is 9.65. The Balaban J connectivity index is 3.00. The van der Waals surface area contributed by atoms with E-state index in [2.05, 4.69) is 9.47 Å². The van der Waals surface area contributed by atoms with Gasteiger partial charge in [0.2, 0.25) is 0 Å². The molecular weight excluding hydrogens is 297 g/mol. The first kappa shape index (κ1) is 17.1. The third-order valence-corrected chi connectivity index (χ3v) is 2.38. The van der Waals surface area contributed by atoms with E-state index in [1.165, 1.54) is 6.92 Å². The van der Waals surface area contributed by atoms with Crippen molar-refractivity contribution in [3.8, 4) is 11.5 Å². The molecule has 0 saturated heterocycles. The number of alkyl halides is 3. The molecule has 0 amide bonds. The van der Waals surface area contributed by atoms with Crippen molar-refractivity contribution < 1.29 is 42.8 Å². The molecule has 2 atom stereocenters. The largest absolute Gasteiger partial charge is 0.573 e. The molecule has 6 nitrogen and oxygen atoms in total. The Kier molecular flexibility index (Phi) is 5.39. The maximum atomic E-state index is 12.1. The van der Waals surface area contributed by atoms with E-state index in [0.717, 1.165) is 12.1 Å². The van der Waals surface area contributed by atoms with E-state index >= 15 is 0 Å². The predicted molar refractivity (Wildman–Crippen MR) is 62.4 cm³/mol. The number of hydrogen-bond donors (Lipinski definition) is 3. The van der Waals surface area contributed by atoms with E-state index in [1.807, 2.05) is 0 Å². The average molecular weight is 310 g/mol. The first-order valence-corrected chi connectivity index (χ1v) is 5.77. The first-order valence-electron chi connectivity index (χ1n) is 5.77. The molecule has 21 heavy (non-hydrogen) atoms. The number of phenolic OH excluding ortho intramolecular Hbond substituents is 1. The fourth-order valence-electron chi connectivity index (χ4n) is 1.49. The molecule has 9 heteroatoms. The zero-order valence-electron chi connectivity index (χ0n) is 10.8. The van der Waals surface area contributed by atoms with Gasteiger partial charge in [-0.2, -0.15) is 0 Å². The second kappa shape index (κ2) is 6.64. The van der Waals surface area contributed by atoms with Gasteiger partial charge >= 0.3 is 12.3 Å². The fraction of sp³-hybridized carbons (Fsp3) is 0.417. The van der Waals surface area contributed by atoms with Gasteiger partial charge in [0.25, 0.3) is 0 Å². The Hall–Kier alpha value is -2.00. The Bertz CT molecular complexity index is 502. The number of aliphatic hydroxyl groups excluding tert-OH is 2. The molecule has 1 aromatic rings. The highest BCUT2D eigenvalue weighted by molar-refractivity contribution is 5.75. The van der Waals surface area contributed by atoms with Gasteiger partial charge in [0.05, 0.1) is 6.61 Å². The normalized spacial score (nSPS) is 14.4. The number of rotatable bonds is 5. The molecule has 1 aromatic carbocycles. The summed E-state index contributed by atoms with van der Waals surface area (Å²) in [4.78, 5) is 11.3. The molecule has 0 fully saturated rings. The topological polar surface area (TPSA) is 96.2 Å². The molecule has 0 radical (unpaired) electrons. The predicted octanol–water partition coefficient (Wildman–Crippen LogP) is 1.25. The van der Waals surface area contributed by atoms with E-state index in [4.69, 9.17) is 0 Å². The third-order valence-electron chi connectivity index (χ3n) is 2.38. The van der Waals surface area contributed by atoms with E-state index < -0.39 is 41.6 Å². The summed E-state index contributed by atoms with van der Waals surface area (Å²) in [5, 5.41) is 28.8. The van der Waals surface area contributed by atoms with Crippen LogP contribution in [-0.2, 0) is 9.53 Å². The quantitative estimate of drug-likeness (QED) is 0.708. The number of ether oxygens (including phenoxy) is 2. The average Bonchev–Trinajstić information content (AvgIpc) is 2.38. The molecule has 118 valence electrons. The van der Waals surface area contributed by atoms with Gasteiger partial charge in [-0.1, -0.05) is 0 Å². The standard InChI is InChI=1S/C12H13F3O6/c1-2-20-11(19)10(18)9(17)7-5-6(3-4-8(7)16)21-12(13,14)15/h3-5,9-10,16-18H,2H2,1H3. The Morgan fingerprint density at radius 1 is 1.33 bits per heavy atom. The number of carbonyl (C=O) groups excluding carboxylic acids is 1. The number of esters is 1. The maximum Gasteiger partial charge on any atom is 0.573 e. The smallest absolute Gasteiger partial charge is 0.508 e. The van der Waals surface area contributed by atoms with Crippen LogP contribution in [0.5, 0.6) is 11.5 Å². The van der Waals surface area contributed by atoms with Crippen molar-refractivity contribution in [1.29, 1.82) is 0 Å². The molecule has 0 aliphatic heterocycles. The highest BCUT2D eigenvalue weighted by atomic mass is 19.4. The second-order valence-corrected chi connectivity index (χ2v) is 3.91. The summed E-state index contributed by atoms with van der Waals surface area (Å²) in [7, 11) is 0. The monoisotopic (exact) mass is 310 g/mol. The fourth-order valence-corrected chi connectivity index (χ4v) is 1.49. The van der Waals surface area contributed by atoms with Crippen LogP contribution in [0.1, 0.15) is 18.6 Å². The summed E-state index contributed by atoms with van der Waals surface area (Å²) in [6.45, 7) is 1.40. The van der Waals surface area contributed by atoms with Gasteiger partial charge < -0.3 is 24.8 Å². The molecular formula is C12H13F3O6. The van der Waals surface area contributed by atoms with E-state index in [9.17, 15) is 33.3 Å². The van der Waals surface area contributed by atoms with Crippen molar-refractivity contribution >= 4 is 5.97 Å². The molecule has 0 aliphatic carbocycles. The van der Waals surface area contributed by atoms with Gasteiger partial charge in [-0.05, 0) is 25.1 Å². The van der Waals surface area contributed by atoms with Crippen LogP contribution in [0.2, 0.25) is 0 Å². The molecule has 0 spiro atoms. The van der Waals surface area contributed by atoms with Crippen LogP contribution in [0, 0.1) is 0 Å². The number of hydrogen-bond acceptors (Lipinski definition) is 6. The van der Waals surface area contributed by atoms with Crippen LogP contribution < -0.4 is 4.74 Å². The minimum atomic E-state index is -4.96.